The number of hydrogen-bond donors (Lipinski definition) is 1. The number of aryl methyl sites for hydroxylation is 2. The lowest BCUT2D eigenvalue weighted by Crippen LogP contribution is -2.13. The topological polar surface area (TPSA) is 73.4 Å². The Morgan fingerprint density at radius 2 is 1.62 bits per heavy atom. The predicted octanol–water partition coefficient (Wildman–Crippen LogP) is 2.08. The van der Waals surface area contributed by atoms with Crippen molar-refractivity contribution in [2.75, 3.05) is 21.3 Å². The third-order valence-electron chi connectivity index (χ3n) is 3.24. The third-order valence-corrected chi connectivity index (χ3v) is 3.24. The van der Waals surface area contributed by atoms with Crippen molar-refractivity contribution in [1.82, 2.24) is 9.97 Å². The van der Waals surface area contributed by atoms with Gasteiger partial charge in [-0.05, 0) is 25.0 Å². The molecule has 112 valence electrons. The highest BCUT2D eigenvalue weighted by molar-refractivity contribution is 5.75. The fourth-order valence-electron chi connectivity index (χ4n) is 2.25. The molecule has 0 bridgehead atoms. The SMILES string of the molecule is COc1cc(C)c(-c2c(C)cc(OC)[nH]c2=O)c(OC)n1. The normalized spacial score (nSPS) is 10.3. The molecule has 0 saturated heterocycles. The predicted molar refractivity (Wildman–Crippen MR) is 79.4 cm³/mol. The van der Waals surface area contributed by atoms with Crippen molar-refractivity contribution in [3.05, 3.63) is 33.6 Å². The molecule has 0 fully saturated rings. The first-order valence-corrected chi connectivity index (χ1v) is 6.39. The van der Waals surface area contributed by atoms with Crippen molar-refractivity contribution in [3.63, 3.8) is 0 Å². The molecule has 0 amide bonds. The molecule has 2 rings (SSSR count). The van der Waals surface area contributed by atoms with E-state index in [-0.39, 0.29) is 5.56 Å². The molecular weight excluding hydrogens is 272 g/mol. The number of nitrogens with zero attached hydrogens (tertiary/aromatic N) is 1. The van der Waals surface area contributed by atoms with Crippen LogP contribution in [-0.4, -0.2) is 31.3 Å². The van der Waals surface area contributed by atoms with Crippen LogP contribution in [0.1, 0.15) is 11.1 Å². The lowest BCUT2D eigenvalue weighted by atomic mass is 9.99. The van der Waals surface area contributed by atoms with E-state index in [1.54, 1.807) is 12.1 Å². The number of rotatable bonds is 4. The summed E-state index contributed by atoms with van der Waals surface area (Å²) in [7, 11) is 4.55. The zero-order chi connectivity index (χ0) is 15.6. The number of ether oxygens (including phenoxy) is 3. The van der Waals surface area contributed by atoms with Gasteiger partial charge in [0, 0.05) is 12.1 Å². The van der Waals surface area contributed by atoms with Gasteiger partial charge in [-0.25, -0.2) is 0 Å². The van der Waals surface area contributed by atoms with Gasteiger partial charge in [-0.3, -0.25) is 9.78 Å². The number of nitrogens with one attached hydrogen (secondary N) is 1. The summed E-state index contributed by atoms with van der Waals surface area (Å²) < 4.78 is 15.5. The Labute approximate surface area is 122 Å². The first kappa shape index (κ1) is 14.9. The van der Waals surface area contributed by atoms with Gasteiger partial charge >= 0.3 is 0 Å². The second kappa shape index (κ2) is 5.87. The minimum atomic E-state index is -0.250. The van der Waals surface area contributed by atoms with Crippen LogP contribution in [0, 0.1) is 13.8 Å². The van der Waals surface area contributed by atoms with E-state index in [0.717, 1.165) is 11.1 Å². The van der Waals surface area contributed by atoms with Crippen molar-refractivity contribution in [2.24, 2.45) is 0 Å². The van der Waals surface area contributed by atoms with Crippen molar-refractivity contribution in [2.45, 2.75) is 13.8 Å². The van der Waals surface area contributed by atoms with E-state index >= 15 is 0 Å². The molecule has 0 radical (unpaired) electrons. The first-order valence-electron chi connectivity index (χ1n) is 6.39. The zero-order valence-corrected chi connectivity index (χ0v) is 12.7. The largest absolute Gasteiger partial charge is 0.482 e. The molecule has 0 aliphatic heterocycles. The molecule has 0 aliphatic rings. The molecule has 0 atom stereocenters. The van der Waals surface area contributed by atoms with Gasteiger partial charge in [-0.15, -0.1) is 0 Å². The molecule has 0 saturated carbocycles. The van der Waals surface area contributed by atoms with Gasteiger partial charge in [-0.2, -0.15) is 4.98 Å². The standard InChI is InChI=1S/C15H18N2O4/c1-8-6-10(19-3)16-14(18)12(8)13-9(2)7-11(20-4)17-15(13)21-5/h6-7H,1-5H3,(H,16,18). The van der Waals surface area contributed by atoms with E-state index in [2.05, 4.69) is 9.97 Å². The van der Waals surface area contributed by atoms with E-state index in [1.165, 1.54) is 21.3 Å². The quantitative estimate of drug-likeness (QED) is 0.933. The van der Waals surface area contributed by atoms with Crippen LogP contribution in [0.3, 0.4) is 0 Å². The van der Waals surface area contributed by atoms with Crippen LogP contribution < -0.4 is 19.8 Å². The Morgan fingerprint density at radius 1 is 0.952 bits per heavy atom. The summed E-state index contributed by atoms with van der Waals surface area (Å²) in [6.07, 6.45) is 0. The summed E-state index contributed by atoms with van der Waals surface area (Å²) in [6, 6.07) is 3.53. The summed E-state index contributed by atoms with van der Waals surface area (Å²) >= 11 is 0. The first-order chi connectivity index (χ1) is 10.0. The highest BCUT2D eigenvalue weighted by Gasteiger charge is 2.19. The van der Waals surface area contributed by atoms with Crippen LogP contribution in [0.4, 0.5) is 0 Å². The van der Waals surface area contributed by atoms with Crippen molar-refractivity contribution in [3.8, 4) is 28.8 Å². The van der Waals surface area contributed by atoms with Crippen LogP contribution in [-0.2, 0) is 0 Å². The summed E-state index contributed by atoms with van der Waals surface area (Å²) in [5.74, 6) is 1.21. The van der Waals surface area contributed by atoms with Crippen LogP contribution in [0.5, 0.6) is 17.6 Å². The van der Waals surface area contributed by atoms with Gasteiger partial charge in [-0.1, -0.05) is 0 Å². The third kappa shape index (κ3) is 2.69. The van der Waals surface area contributed by atoms with Crippen LogP contribution >= 0.6 is 0 Å². The molecular formula is C15H18N2O4. The second-order valence-electron chi connectivity index (χ2n) is 4.59. The molecule has 0 spiro atoms. The van der Waals surface area contributed by atoms with Gasteiger partial charge in [0.1, 0.15) is 0 Å². The minimum Gasteiger partial charge on any atom is -0.482 e. The Balaban J connectivity index is 2.76. The summed E-state index contributed by atoms with van der Waals surface area (Å²) in [4.78, 5) is 19.3. The number of H-pyrrole nitrogens is 1. The van der Waals surface area contributed by atoms with Crippen LogP contribution in [0.15, 0.2) is 16.9 Å². The number of aromatic nitrogens is 2. The number of pyridine rings is 2. The van der Waals surface area contributed by atoms with Crippen LogP contribution in [0.2, 0.25) is 0 Å². The Morgan fingerprint density at radius 3 is 2.14 bits per heavy atom. The average molecular weight is 290 g/mol. The van der Waals surface area contributed by atoms with Crippen LogP contribution in [0.25, 0.3) is 11.1 Å². The smallest absolute Gasteiger partial charge is 0.259 e. The fraction of sp³-hybridized carbons (Fsp3) is 0.333. The molecule has 6 nitrogen and oxygen atoms in total. The van der Waals surface area contributed by atoms with E-state index < -0.39 is 0 Å². The molecule has 21 heavy (non-hydrogen) atoms. The van der Waals surface area contributed by atoms with E-state index in [9.17, 15) is 4.79 Å². The van der Waals surface area contributed by atoms with E-state index in [1.807, 2.05) is 13.8 Å². The molecule has 1 N–H and O–H groups in total. The van der Waals surface area contributed by atoms with Crippen molar-refractivity contribution >= 4 is 0 Å². The molecule has 2 aromatic rings. The Hall–Kier alpha value is -2.50. The second-order valence-corrected chi connectivity index (χ2v) is 4.59. The maximum atomic E-state index is 12.3. The van der Waals surface area contributed by atoms with Gasteiger partial charge in [0.15, 0.2) is 5.88 Å². The highest BCUT2D eigenvalue weighted by atomic mass is 16.5. The Bertz CT molecular complexity index is 722. The molecule has 6 heteroatoms. The molecule has 2 aromatic heterocycles. The summed E-state index contributed by atoms with van der Waals surface area (Å²) in [5, 5.41) is 0. The lowest BCUT2D eigenvalue weighted by Gasteiger charge is -2.14. The maximum absolute atomic E-state index is 12.3. The molecule has 2 heterocycles. The van der Waals surface area contributed by atoms with E-state index in [0.29, 0.717) is 28.8 Å². The highest BCUT2D eigenvalue weighted by Crippen LogP contribution is 2.34. The monoisotopic (exact) mass is 290 g/mol. The van der Waals surface area contributed by atoms with Crippen molar-refractivity contribution in [1.29, 1.82) is 0 Å². The average Bonchev–Trinajstić information content (AvgIpc) is 2.47. The van der Waals surface area contributed by atoms with E-state index in [4.69, 9.17) is 14.2 Å². The van der Waals surface area contributed by atoms with Crippen molar-refractivity contribution < 1.29 is 14.2 Å². The number of hydrogen-bond acceptors (Lipinski definition) is 5. The zero-order valence-electron chi connectivity index (χ0n) is 12.7. The van der Waals surface area contributed by atoms with Gasteiger partial charge in [0.2, 0.25) is 11.8 Å². The molecule has 0 aromatic carbocycles. The molecule has 0 aliphatic carbocycles. The summed E-state index contributed by atoms with van der Waals surface area (Å²) in [5.41, 5.74) is 2.54. The number of aromatic amines is 1. The lowest BCUT2D eigenvalue weighted by molar-refractivity contribution is 0.365. The number of methoxy groups -OCH3 is 3. The minimum absolute atomic E-state index is 0.250. The summed E-state index contributed by atoms with van der Waals surface area (Å²) in [6.45, 7) is 3.72. The van der Waals surface area contributed by atoms with Gasteiger partial charge in [0.05, 0.1) is 32.5 Å². The maximum Gasteiger partial charge on any atom is 0.259 e. The fourth-order valence-corrected chi connectivity index (χ4v) is 2.25. The van der Waals surface area contributed by atoms with Gasteiger partial charge in [0.25, 0.3) is 5.56 Å². The van der Waals surface area contributed by atoms with Gasteiger partial charge < -0.3 is 14.2 Å². The molecule has 0 unspecified atom stereocenters. The Kier molecular flexibility index (Phi) is 4.16.